The normalized spacial score (nSPS) is 11.1. The number of amides is 1. The van der Waals surface area contributed by atoms with Crippen LogP contribution in [0.15, 0.2) is 48.5 Å². The number of non-ortho nitro benzene ring substituents is 1. The van der Waals surface area contributed by atoms with Gasteiger partial charge in [-0.05, 0) is 36.8 Å². The van der Waals surface area contributed by atoms with Gasteiger partial charge in [-0.15, -0.1) is 0 Å². The molecule has 2 aromatic carbocycles. The number of carbonyl (C=O) groups excluding carboxylic acids is 2. The zero-order chi connectivity index (χ0) is 21.4. The molecule has 2 rings (SSSR count). The smallest absolute Gasteiger partial charge is 0.479 e. The topological polar surface area (TPSA) is 154 Å². The fourth-order valence-electron chi connectivity index (χ4n) is 1.95. The molecule has 29 heavy (non-hydrogen) atoms. The minimum atomic E-state index is -1.29. The summed E-state index contributed by atoms with van der Waals surface area (Å²) < 4.78 is 14.5. The second-order valence-corrected chi connectivity index (χ2v) is 5.60. The van der Waals surface area contributed by atoms with Gasteiger partial charge in [-0.2, -0.15) is 0 Å². The molecule has 0 heterocycles. The second-order valence-electron chi connectivity index (χ2n) is 5.60. The lowest BCUT2D eigenvalue weighted by Gasteiger charge is -2.10. The van der Waals surface area contributed by atoms with Crippen molar-refractivity contribution >= 4 is 29.6 Å². The molecule has 0 saturated heterocycles. The molecule has 0 spiro atoms. The SMILES string of the molecule is C[C@H](OC(=O)Nc1ccc(COC(=O)Oc2ccc([N+](=O)[O-])cc2)cc1)C(=O)O. The Labute approximate surface area is 164 Å². The summed E-state index contributed by atoms with van der Waals surface area (Å²) in [6.07, 6.45) is -3.20. The van der Waals surface area contributed by atoms with Crippen LogP contribution in [0.1, 0.15) is 12.5 Å². The maximum Gasteiger partial charge on any atom is 0.514 e. The first-order chi connectivity index (χ1) is 13.7. The molecular formula is C18H16N2O9. The molecule has 0 bridgehead atoms. The van der Waals surface area contributed by atoms with Crippen molar-refractivity contribution in [2.45, 2.75) is 19.6 Å². The van der Waals surface area contributed by atoms with Gasteiger partial charge in [0.1, 0.15) is 12.4 Å². The number of ether oxygens (including phenoxy) is 3. The van der Waals surface area contributed by atoms with Gasteiger partial charge in [0.2, 0.25) is 0 Å². The zero-order valence-electron chi connectivity index (χ0n) is 15.1. The van der Waals surface area contributed by atoms with Crippen LogP contribution in [0.5, 0.6) is 5.75 Å². The third kappa shape index (κ3) is 6.82. The lowest BCUT2D eigenvalue weighted by atomic mass is 10.2. The first-order valence-electron chi connectivity index (χ1n) is 8.13. The summed E-state index contributed by atoms with van der Waals surface area (Å²) in [5, 5.41) is 21.6. The van der Waals surface area contributed by atoms with Crippen LogP contribution in [0.2, 0.25) is 0 Å². The highest BCUT2D eigenvalue weighted by molar-refractivity contribution is 5.86. The first-order valence-corrected chi connectivity index (χ1v) is 8.13. The van der Waals surface area contributed by atoms with Crippen molar-refractivity contribution in [3.05, 3.63) is 64.2 Å². The van der Waals surface area contributed by atoms with Gasteiger partial charge in [-0.3, -0.25) is 15.4 Å². The lowest BCUT2D eigenvalue weighted by Crippen LogP contribution is -2.26. The van der Waals surface area contributed by atoms with Crippen LogP contribution in [-0.4, -0.2) is 34.4 Å². The minimum absolute atomic E-state index is 0.0919. The van der Waals surface area contributed by atoms with Gasteiger partial charge < -0.3 is 19.3 Å². The molecule has 0 aliphatic heterocycles. The van der Waals surface area contributed by atoms with E-state index < -0.39 is 29.2 Å². The Hall–Kier alpha value is -4.15. The van der Waals surface area contributed by atoms with E-state index in [1.165, 1.54) is 43.3 Å². The van der Waals surface area contributed by atoms with E-state index in [2.05, 4.69) is 10.1 Å². The van der Waals surface area contributed by atoms with Crippen molar-refractivity contribution < 1.29 is 38.6 Å². The molecule has 11 heteroatoms. The Morgan fingerprint density at radius 1 is 1.10 bits per heavy atom. The predicted octanol–water partition coefficient (Wildman–Crippen LogP) is 3.33. The van der Waals surface area contributed by atoms with Crippen molar-refractivity contribution in [2.24, 2.45) is 0 Å². The fourth-order valence-corrected chi connectivity index (χ4v) is 1.95. The van der Waals surface area contributed by atoms with Gasteiger partial charge in [0.15, 0.2) is 6.10 Å². The molecule has 1 atom stereocenters. The van der Waals surface area contributed by atoms with E-state index in [9.17, 15) is 24.5 Å². The summed E-state index contributed by atoms with van der Waals surface area (Å²) in [6, 6.07) is 11.1. The van der Waals surface area contributed by atoms with E-state index in [0.717, 1.165) is 0 Å². The molecule has 2 N–H and O–H groups in total. The molecule has 0 saturated carbocycles. The Morgan fingerprint density at radius 2 is 1.72 bits per heavy atom. The molecule has 0 aliphatic carbocycles. The highest BCUT2D eigenvalue weighted by atomic mass is 16.7. The summed E-state index contributed by atoms with van der Waals surface area (Å²) >= 11 is 0. The number of benzene rings is 2. The summed E-state index contributed by atoms with van der Waals surface area (Å²) in [5.74, 6) is -1.18. The van der Waals surface area contributed by atoms with Crippen LogP contribution >= 0.6 is 0 Å². The van der Waals surface area contributed by atoms with Crippen molar-refractivity contribution in [1.29, 1.82) is 0 Å². The molecule has 1 amide bonds. The minimum Gasteiger partial charge on any atom is -0.479 e. The van der Waals surface area contributed by atoms with Gasteiger partial charge >= 0.3 is 18.2 Å². The number of aliphatic carboxylic acids is 1. The average molecular weight is 404 g/mol. The van der Waals surface area contributed by atoms with Gasteiger partial charge in [0.05, 0.1) is 4.92 Å². The van der Waals surface area contributed by atoms with Gasteiger partial charge in [0.25, 0.3) is 5.69 Å². The van der Waals surface area contributed by atoms with Crippen LogP contribution < -0.4 is 10.1 Å². The summed E-state index contributed by atoms with van der Waals surface area (Å²) in [5.41, 5.74) is 0.800. The third-order valence-corrected chi connectivity index (χ3v) is 3.44. The number of nitro groups is 1. The molecule has 0 aliphatic rings. The number of anilines is 1. The monoisotopic (exact) mass is 404 g/mol. The molecule has 11 nitrogen and oxygen atoms in total. The quantitative estimate of drug-likeness (QED) is 0.306. The zero-order valence-corrected chi connectivity index (χ0v) is 15.1. The number of carbonyl (C=O) groups is 3. The number of hydrogen-bond donors (Lipinski definition) is 2. The summed E-state index contributed by atoms with van der Waals surface area (Å²) in [4.78, 5) is 43.8. The largest absolute Gasteiger partial charge is 0.514 e. The van der Waals surface area contributed by atoms with E-state index in [-0.39, 0.29) is 18.0 Å². The third-order valence-electron chi connectivity index (χ3n) is 3.44. The maximum absolute atomic E-state index is 11.7. The van der Waals surface area contributed by atoms with Crippen molar-refractivity contribution in [3.63, 3.8) is 0 Å². The fraction of sp³-hybridized carbons (Fsp3) is 0.167. The van der Waals surface area contributed by atoms with Crippen molar-refractivity contribution in [1.82, 2.24) is 0 Å². The van der Waals surface area contributed by atoms with E-state index in [4.69, 9.17) is 14.6 Å². The Kier molecular flexibility index (Phi) is 7.07. The van der Waals surface area contributed by atoms with E-state index in [0.29, 0.717) is 11.3 Å². The number of carboxylic acids is 1. The first kappa shape index (κ1) is 21.2. The van der Waals surface area contributed by atoms with Crippen molar-refractivity contribution in [2.75, 3.05) is 5.32 Å². The molecule has 0 unspecified atom stereocenters. The lowest BCUT2D eigenvalue weighted by molar-refractivity contribution is -0.384. The highest BCUT2D eigenvalue weighted by Crippen LogP contribution is 2.18. The number of nitro benzene ring substituents is 1. The molecule has 0 radical (unpaired) electrons. The number of carboxylic acid groups (broad SMARTS) is 1. The van der Waals surface area contributed by atoms with Crippen LogP contribution in [-0.2, 0) is 20.9 Å². The van der Waals surface area contributed by atoms with Crippen LogP contribution in [0, 0.1) is 10.1 Å². The summed E-state index contributed by atoms with van der Waals surface area (Å²) in [6.45, 7) is 1.10. The van der Waals surface area contributed by atoms with Crippen LogP contribution in [0.4, 0.5) is 21.0 Å². The van der Waals surface area contributed by atoms with E-state index in [1.807, 2.05) is 0 Å². The average Bonchev–Trinajstić information content (AvgIpc) is 2.67. The Morgan fingerprint density at radius 3 is 2.28 bits per heavy atom. The Balaban J connectivity index is 1.80. The van der Waals surface area contributed by atoms with Crippen LogP contribution in [0.25, 0.3) is 0 Å². The molecule has 0 fully saturated rings. The van der Waals surface area contributed by atoms with Gasteiger partial charge in [0, 0.05) is 17.8 Å². The van der Waals surface area contributed by atoms with Gasteiger partial charge in [-0.25, -0.2) is 14.4 Å². The number of nitrogens with zero attached hydrogens (tertiary/aromatic N) is 1. The number of rotatable bonds is 7. The number of hydrogen-bond acceptors (Lipinski definition) is 8. The number of nitrogens with one attached hydrogen (secondary N) is 1. The van der Waals surface area contributed by atoms with Gasteiger partial charge in [-0.1, -0.05) is 12.1 Å². The van der Waals surface area contributed by atoms with Crippen molar-refractivity contribution in [3.8, 4) is 5.75 Å². The van der Waals surface area contributed by atoms with Crippen LogP contribution in [0.3, 0.4) is 0 Å². The maximum atomic E-state index is 11.7. The molecular weight excluding hydrogens is 388 g/mol. The van der Waals surface area contributed by atoms with E-state index >= 15 is 0 Å². The predicted molar refractivity (Wildman–Crippen MR) is 97.6 cm³/mol. The molecule has 2 aromatic rings. The second kappa shape index (κ2) is 9.69. The molecule has 152 valence electrons. The van der Waals surface area contributed by atoms with E-state index in [1.54, 1.807) is 12.1 Å². The highest BCUT2D eigenvalue weighted by Gasteiger charge is 2.16. The Bertz CT molecular complexity index is 895. The summed E-state index contributed by atoms with van der Waals surface area (Å²) in [7, 11) is 0. The standard InChI is InChI=1S/C18H16N2O9/c1-11(16(21)22)28-17(23)19-13-4-2-12(3-5-13)10-27-18(24)29-15-8-6-14(7-9-15)20(25)26/h2-9,11H,10H2,1H3,(H,19,23)(H,21,22)/t11-/m0/s1. The molecule has 0 aromatic heterocycles.